The zero-order valence-electron chi connectivity index (χ0n) is 14.0. The minimum Gasteiger partial charge on any atom is -0.493 e. The third-order valence-electron chi connectivity index (χ3n) is 4.58. The predicted octanol–water partition coefficient (Wildman–Crippen LogP) is 1.43. The maximum Gasteiger partial charge on any atom is 0.251 e. The number of methoxy groups -OCH3 is 1. The maximum atomic E-state index is 12.5. The number of hydrogen-bond acceptors (Lipinski definition) is 4. The second kappa shape index (κ2) is 7.66. The third kappa shape index (κ3) is 4.06. The molecule has 2 aliphatic rings. The van der Waals surface area contributed by atoms with Crippen LogP contribution in [0.4, 0.5) is 0 Å². The maximum absolute atomic E-state index is 12.5. The van der Waals surface area contributed by atoms with Gasteiger partial charge in [0.05, 0.1) is 6.61 Å². The Morgan fingerprint density at radius 1 is 1.25 bits per heavy atom. The van der Waals surface area contributed by atoms with E-state index in [1.165, 1.54) is 7.11 Å². The highest BCUT2D eigenvalue weighted by atomic mass is 16.5. The first-order chi connectivity index (χ1) is 11.7. The highest BCUT2D eigenvalue weighted by Crippen LogP contribution is 2.26. The van der Waals surface area contributed by atoms with E-state index in [1.54, 1.807) is 0 Å². The van der Waals surface area contributed by atoms with E-state index in [0.29, 0.717) is 5.56 Å². The molecule has 3 rings (SSSR count). The molecule has 1 aliphatic carbocycles. The van der Waals surface area contributed by atoms with Crippen LogP contribution in [0.2, 0.25) is 0 Å². The van der Waals surface area contributed by atoms with Gasteiger partial charge in [0.25, 0.3) is 5.91 Å². The van der Waals surface area contributed by atoms with Crippen LogP contribution in [0.5, 0.6) is 5.75 Å². The van der Waals surface area contributed by atoms with Crippen LogP contribution in [0.3, 0.4) is 0 Å². The van der Waals surface area contributed by atoms with E-state index >= 15 is 0 Å². The summed E-state index contributed by atoms with van der Waals surface area (Å²) in [5, 5.41) is 6.01. The van der Waals surface area contributed by atoms with Crippen LogP contribution < -0.4 is 15.4 Å². The third-order valence-corrected chi connectivity index (χ3v) is 4.58. The van der Waals surface area contributed by atoms with Gasteiger partial charge in [0.1, 0.15) is 12.4 Å². The first-order valence-corrected chi connectivity index (χ1v) is 8.50. The van der Waals surface area contributed by atoms with Crippen molar-refractivity contribution >= 4 is 11.8 Å². The van der Waals surface area contributed by atoms with Gasteiger partial charge in [-0.05, 0) is 55.9 Å². The minimum atomic E-state index is -0.107. The van der Waals surface area contributed by atoms with E-state index in [4.69, 9.17) is 9.47 Å². The van der Waals surface area contributed by atoms with Crippen molar-refractivity contribution in [3.63, 3.8) is 0 Å². The van der Waals surface area contributed by atoms with E-state index in [1.807, 2.05) is 18.2 Å². The monoisotopic (exact) mass is 332 g/mol. The second-order valence-corrected chi connectivity index (χ2v) is 6.46. The van der Waals surface area contributed by atoms with Crippen molar-refractivity contribution in [3.05, 3.63) is 29.3 Å². The number of ether oxygens (including phenoxy) is 2. The molecule has 1 fully saturated rings. The van der Waals surface area contributed by atoms with Crippen LogP contribution in [0.25, 0.3) is 0 Å². The molecule has 2 N–H and O–H groups in total. The lowest BCUT2D eigenvalue weighted by Crippen LogP contribution is -2.38. The van der Waals surface area contributed by atoms with Gasteiger partial charge in [-0.15, -0.1) is 0 Å². The van der Waals surface area contributed by atoms with Gasteiger partial charge in [-0.25, -0.2) is 0 Å². The average Bonchev–Trinajstić information content (AvgIpc) is 3.01. The summed E-state index contributed by atoms with van der Waals surface area (Å²) in [7, 11) is 1.50. The van der Waals surface area contributed by atoms with Crippen molar-refractivity contribution < 1.29 is 19.1 Å². The molecule has 0 saturated heterocycles. The molecule has 1 saturated carbocycles. The molecule has 130 valence electrons. The second-order valence-electron chi connectivity index (χ2n) is 6.46. The molecule has 1 aromatic rings. The molecule has 0 spiro atoms. The zero-order valence-corrected chi connectivity index (χ0v) is 14.0. The Balaban J connectivity index is 1.53. The number of fused-ring (bicyclic) bond motifs is 1. The summed E-state index contributed by atoms with van der Waals surface area (Å²) in [6.07, 6.45) is 4.45. The SMILES string of the molecule is COCC(=O)N[C@H]1CC[C@@H](NC(=O)c2ccc3c(c2)CCCO3)C1. The van der Waals surface area contributed by atoms with Gasteiger partial charge in [-0.3, -0.25) is 9.59 Å². The van der Waals surface area contributed by atoms with Crippen molar-refractivity contribution in [2.45, 2.75) is 44.2 Å². The molecule has 0 unspecified atom stereocenters. The Hall–Kier alpha value is -2.08. The standard InChI is InChI=1S/C18H24N2O4/c1-23-11-17(21)19-14-5-6-15(10-14)20-18(22)13-4-7-16-12(9-13)3-2-8-24-16/h4,7,9,14-15H,2-3,5-6,8,10-11H2,1H3,(H,19,21)(H,20,22)/t14-,15+/m0/s1. The molecular weight excluding hydrogens is 308 g/mol. The fourth-order valence-corrected chi connectivity index (χ4v) is 3.41. The summed E-state index contributed by atoms with van der Waals surface area (Å²) >= 11 is 0. The molecule has 6 heteroatoms. The smallest absolute Gasteiger partial charge is 0.251 e. The van der Waals surface area contributed by atoms with Gasteiger partial charge >= 0.3 is 0 Å². The summed E-state index contributed by atoms with van der Waals surface area (Å²) in [5.74, 6) is 0.723. The van der Waals surface area contributed by atoms with Gasteiger partial charge in [-0.2, -0.15) is 0 Å². The molecule has 1 heterocycles. The molecule has 6 nitrogen and oxygen atoms in total. The van der Waals surface area contributed by atoms with Gasteiger partial charge in [0.2, 0.25) is 5.91 Å². The Kier molecular flexibility index (Phi) is 5.35. The highest BCUT2D eigenvalue weighted by Gasteiger charge is 2.27. The Labute approximate surface area is 141 Å². The van der Waals surface area contributed by atoms with Gasteiger partial charge in [0.15, 0.2) is 0 Å². The number of aryl methyl sites for hydroxylation is 1. The van der Waals surface area contributed by atoms with E-state index in [2.05, 4.69) is 10.6 Å². The average molecular weight is 332 g/mol. The molecule has 2 atom stereocenters. The summed E-state index contributed by atoms with van der Waals surface area (Å²) in [5.41, 5.74) is 1.77. The molecule has 1 aliphatic heterocycles. The van der Waals surface area contributed by atoms with Gasteiger partial charge in [0, 0.05) is 24.8 Å². The van der Waals surface area contributed by atoms with Crippen LogP contribution in [0, 0.1) is 0 Å². The summed E-state index contributed by atoms with van der Waals surface area (Å²) in [4.78, 5) is 24.0. The molecule has 24 heavy (non-hydrogen) atoms. The largest absolute Gasteiger partial charge is 0.493 e. The number of nitrogens with one attached hydrogen (secondary N) is 2. The first-order valence-electron chi connectivity index (χ1n) is 8.50. The van der Waals surface area contributed by atoms with Crippen LogP contribution in [-0.2, 0) is 16.0 Å². The van der Waals surface area contributed by atoms with E-state index in [9.17, 15) is 9.59 Å². The molecule has 0 radical (unpaired) electrons. The number of benzene rings is 1. The summed E-state index contributed by atoms with van der Waals surface area (Å²) in [6.45, 7) is 0.821. The quantitative estimate of drug-likeness (QED) is 0.855. The van der Waals surface area contributed by atoms with Gasteiger partial charge < -0.3 is 20.1 Å². The van der Waals surface area contributed by atoms with E-state index in [-0.39, 0.29) is 30.5 Å². The summed E-state index contributed by atoms with van der Waals surface area (Å²) in [6, 6.07) is 5.82. The lowest BCUT2D eigenvalue weighted by molar-refractivity contribution is -0.125. The highest BCUT2D eigenvalue weighted by molar-refractivity contribution is 5.94. The predicted molar refractivity (Wildman–Crippen MR) is 89.2 cm³/mol. The molecule has 0 aromatic heterocycles. The van der Waals surface area contributed by atoms with Crippen molar-refractivity contribution in [2.75, 3.05) is 20.3 Å². The van der Waals surface area contributed by atoms with Crippen molar-refractivity contribution in [3.8, 4) is 5.75 Å². The number of rotatable bonds is 5. The topological polar surface area (TPSA) is 76.7 Å². The van der Waals surface area contributed by atoms with Crippen molar-refractivity contribution in [1.82, 2.24) is 10.6 Å². The molecule has 0 bridgehead atoms. The minimum absolute atomic E-state index is 0.0581. The van der Waals surface area contributed by atoms with Crippen LogP contribution in [-0.4, -0.2) is 44.2 Å². The Morgan fingerprint density at radius 3 is 2.83 bits per heavy atom. The number of hydrogen-bond donors (Lipinski definition) is 2. The lowest BCUT2D eigenvalue weighted by atomic mass is 10.0. The molecule has 2 amide bonds. The summed E-state index contributed by atoms with van der Waals surface area (Å²) < 4.78 is 10.4. The molecule has 1 aromatic carbocycles. The number of carbonyl (C=O) groups is 2. The van der Waals surface area contributed by atoms with Crippen molar-refractivity contribution in [1.29, 1.82) is 0 Å². The van der Waals surface area contributed by atoms with Crippen molar-refractivity contribution in [2.24, 2.45) is 0 Å². The zero-order chi connectivity index (χ0) is 16.9. The Bertz CT molecular complexity index is 617. The fraction of sp³-hybridized carbons (Fsp3) is 0.556. The first kappa shape index (κ1) is 16.8. The van der Waals surface area contributed by atoms with Crippen LogP contribution in [0.1, 0.15) is 41.6 Å². The van der Waals surface area contributed by atoms with E-state index < -0.39 is 0 Å². The van der Waals surface area contributed by atoms with Gasteiger partial charge in [-0.1, -0.05) is 0 Å². The number of amides is 2. The normalized spacial score (nSPS) is 22.4. The lowest BCUT2D eigenvalue weighted by Gasteiger charge is -2.18. The molecular formula is C18H24N2O4. The number of carbonyl (C=O) groups excluding carboxylic acids is 2. The Morgan fingerprint density at radius 2 is 2.04 bits per heavy atom. The van der Waals surface area contributed by atoms with E-state index in [0.717, 1.165) is 50.0 Å². The van der Waals surface area contributed by atoms with Crippen LogP contribution >= 0.6 is 0 Å². The fourth-order valence-electron chi connectivity index (χ4n) is 3.41. The van der Waals surface area contributed by atoms with Crippen LogP contribution in [0.15, 0.2) is 18.2 Å².